The lowest BCUT2D eigenvalue weighted by atomic mass is 10.1. The topological polar surface area (TPSA) is 35.2 Å². The Balaban J connectivity index is 1.95. The Morgan fingerprint density at radius 1 is 1.00 bits per heavy atom. The van der Waals surface area contributed by atoms with Gasteiger partial charge in [-0.25, -0.2) is 4.39 Å². The van der Waals surface area contributed by atoms with Crippen molar-refractivity contribution < 1.29 is 9.13 Å². The molecule has 0 aliphatic rings. The van der Waals surface area contributed by atoms with Crippen LogP contribution in [0.25, 0.3) is 0 Å². The van der Waals surface area contributed by atoms with Crippen LogP contribution in [0.1, 0.15) is 11.1 Å². The average molecular weight is 259 g/mol. The monoisotopic (exact) mass is 259 g/mol. The maximum atomic E-state index is 13.2. The average Bonchev–Trinajstić information content (AvgIpc) is 2.43. The Morgan fingerprint density at radius 2 is 1.79 bits per heavy atom. The van der Waals surface area contributed by atoms with Crippen LogP contribution in [0.15, 0.2) is 48.5 Å². The van der Waals surface area contributed by atoms with E-state index >= 15 is 0 Å². The minimum Gasteiger partial charge on any atom is -0.493 e. The van der Waals surface area contributed by atoms with Gasteiger partial charge in [-0.2, -0.15) is 0 Å². The quantitative estimate of drug-likeness (QED) is 0.865. The second-order valence-corrected chi connectivity index (χ2v) is 4.37. The Morgan fingerprint density at radius 3 is 2.53 bits per heavy atom. The van der Waals surface area contributed by atoms with Gasteiger partial charge in [-0.1, -0.05) is 30.3 Å². The molecule has 0 atom stereocenters. The molecule has 2 rings (SSSR count). The van der Waals surface area contributed by atoms with E-state index in [0.29, 0.717) is 19.6 Å². The van der Waals surface area contributed by atoms with Crippen LogP contribution in [0.4, 0.5) is 4.39 Å². The second-order valence-electron chi connectivity index (χ2n) is 4.37. The molecule has 0 aliphatic heterocycles. The third kappa shape index (κ3) is 4.07. The molecule has 3 heteroatoms. The van der Waals surface area contributed by atoms with Crippen molar-refractivity contribution in [1.82, 2.24) is 0 Å². The first kappa shape index (κ1) is 13.6. The Bertz CT molecular complexity index is 513. The molecule has 19 heavy (non-hydrogen) atoms. The van der Waals surface area contributed by atoms with Gasteiger partial charge in [0.1, 0.15) is 11.6 Å². The molecule has 0 fully saturated rings. The third-order valence-corrected chi connectivity index (χ3v) is 2.93. The van der Waals surface area contributed by atoms with Crippen LogP contribution in [0, 0.1) is 5.82 Å². The molecule has 0 spiro atoms. The number of benzene rings is 2. The zero-order valence-corrected chi connectivity index (χ0v) is 10.8. The van der Waals surface area contributed by atoms with E-state index in [-0.39, 0.29) is 5.82 Å². The minimum atomic E-state index is -0.251. The van der Waals surface area contributed by atoms with Gasteiger partial charge in [0.25, 0.3) is 0 Å². The van der Waals surface area contributed by atoms with Crippen LogP contribution in [-0.4, -0.2) is 13.2 Å². The van der Waals surface area contributed by atoms with E-state index in [4.69, 9.17) is 10.5 Å². The summed E-state index contributed by atoms with van der Waals surface area (Å²) in [6, 6.07) is 14.7. The summed E-state index contributed by atoms with van der Waals surface area (Å²) in [4.78, 5) is 0. The number of ether oxygens (including phenoxy) is 1. The molecule has 0 unspecified atom stereocenters. The largest absolute Gasteiger partial charge is 0.493 e. The fourth-order valence-corrected chi connectivity index (χ4v) is 1.96. The van der Waals surface area contributed by atoms with Crippen molar-refractivity contribution in [2.24, 2.45) is 5.73 Å². The fourth-order valence-electron chi connectivity index (χ4n) is 1.96. The molecule has 0 saturated carbocycles. The van der Waals surface area contributed by atoms with Crippen molar-refractivity contribution in [3.8, 4) is 5.75 Å². The Labute approximate surface area is 113 Å². The van der Waals surface area contributed by atoms with E-state index in [1.165, 1.54) is 17.7 Å². The molecule has 0 amide bonds. The summed E-state index contributed by atoms with van der Waals surface area (Å²) >= 11 is 0. The fraction of sp³-hybridized carbons (Fsp3) is 0.250. The van der Waals surface area contributed by atoms with Gasteiger partial charge in [0.2, 0.25) is 0 Å². The van der Waals surface area contributed by atoms with Crippen molar-refractivity contribution in [1.29, 1.82) is 0 Å². The zero-order valence-electron chi connectivity index (χ0n) is 10.8. The molecular formula is C16H18FNO. The van der Waals surface area contributed by atoms with Crippen LogP contribution in [0.3, 0.4) is 0 Å². The van der Waals surface area contributed by atoms with Crippen molar-refractivity contribution in [3.63, 3.8) is 0 Å². The van der Waals surface area contributed by atoms with Gasteiger partial charge in [0.15, 0.2) is 0 Å². The van der Waals surface area contributed by atoms with Crippen LogP contribution in [-0.2, 0) is 12.8 Å². The number of nitrogens with two attached hydrogens (primary N) is 1. The van der Waals surface area contributed by atoms with E-state index in [2.05, 4.69) is 12.1 Å². The predicted molar refractivity (Wildman–Crippen MR) is 74.8 cm³/mol. The van der Waals surface area contributed by atoms with Gasteiger partial charge in [-0.05, 0) is 42.3 Å². The number of hydrogen-bond donors (Lipinski definition) is 1. The third-order valence-electron chi connectivity index (χ3n) is 2.93. The van der Waals surface area contributed by atoms with Gasteiger partial charge in [0, 0.05) is 6.42 Å². The Kier molecular flexibility index (Phi) is 4.93. The summed E-state index contributed by atoms with van der Waals surface area (Å²) < 4.78 is 18.9. The first-order valence-corrected chi connectivity index (χ1v) is 6.45. The molecule has 0 radical (unpaired) electrons. The highest BCUT2D eigenvalue weighted by Crippen LogP contribution is 2.20. The molecule has 0 saturated heterocycles. The normalized spacial score (nSPS) is 10.4. The van der Waals surface area contributed by atoms with Crippen molar-refractivity contribution in [3.05, 3.63) is 65.5 Å². The summed E-state index contributed by atoms with van der Waals surface area (Å²) in [6.45, 7) is 1.06. The highest BCUT2D eigenvalue weighted by Gasteiger charge is 2.05. The summed E-state index contributed by atoms with van der Waals surface area (Å²) in [5.41, 5.74) is 7.58. The van der Waals surface area contributed by atoms with E-state index in [1.54, 1.807) is 6.07 Å². The smallest absolute Gasteiger partial charge is 0.123 e. The SMILES string of the molecule is NCCc1cc(F)ccc1OCCc1ccccc1. The molecule has 2 nitrogen and oxygen atoms in total. The lowest BCUT2D eigenvalue weighted by Crippen LogP contribution is -2.07. The van der Waals surface area contributed by atoms with Crippen LogP contribution >= 0.6 is 0 Å². The minimum absolute atomic E-state index is 0.251. The van der Waals surface area contributed by atoms with E-state index in [0.717, 1.165) is 17.7 Å². The lowest BCUT2D eigenvalue weighted by Gasteiger charge is -2.11. The second kappa shape index (κ2) is 6.90. The lowest BCUT2D eigenvalue weighted by molar-refractivity contribution is 0.318. The van der Waals surface area contributed by atoms with Crippen LogP contribution in [0.5, 0.6) is 5.75 Å². The summed E-state index contributed by atoms with van der Waals surface area (Å²) in [5.74, 6) is 0.474. The molecule has 0 aliphatic carbocycles. The van der Waals surface area contributed by atoms with Gasteiger partial charge in [0.05, 0.1) is 6.61 Å². The summed E-state index contributed by atoms with van der Waals surface area (Å²) in [6.07, 6.45) is 1.46. The molecule has 2 aromatic rings. The van der Waals surface area contributed by atoms with Crippen molar-refractivity contribution in [2.75, 3.05) is 13.2 Å². The maximum absolute atomic E-state index is 13.2. The van der Waals surface area contributed by atoms with Crippen LogP contribution < -0.4 is 10.5 Å². The van der Waals surface area contributed by atoms with Gasteiger partial charge >= 0.3 is 0 Å². The highest BCUT2D eigenvalue weighted by molar-refractivity contribution is 5.34. The van der Waals surface area contributed by atoms with Crippen LogP contribution in [0.2, 0.25) is 0 Å². The van der Waals surface area contributed by atoms with Gasteiger partial charge in [-0.15, -0.1) is 0 Å². The highest BCUT2D eigenvalue weighted by atomic mass is 19.1. The van der Waals surface area contributed by atoms with Crippen molar-refractivity contribution >= 4 is 0 Å². The standard InChI is InChI=1S/C16H18FNO/c17-15-6-7-16(14(12-15)8-10-18)19-11-9-13-4-2-1-3-5-13/h1-7,12H,8-11,18H2. The molecule has 2 aromatic carbocycles. The van der Waals surface area contributed by atoms with Gasteiger partial charge < -0.3 is 10.5 Å². The first-order valence-electron chi connectivity index (χ1n) is 6.45. The zero-order chi connectivity index (χ0) is 13.5. The number of hydrogen-bond acceptors (Lipinski definition) is 2. The Hall–Kier alpha value is -1.87. The maximum Gasteiger partial charge on any atom is 0.123 e. The number of halogens is 1. The molecule has 0 heterocycles. The molecule has 2 N–H and O–H groups in total. The predicted octanol–water partition coefficient (Wildman–Crippen LogP) is 2.95. The van der Waals surface area contributed by atoms with E-state index < -0.39 is 0 Å². The number of rotatable bonds is 6. The first-order chi connectivity index (χ1) is 9.29. The van der Waals surface area contributed by atoms with E-state index in [1.807, 2.05) is 18.2 Å². The molecule has 100 valence electrons. The summed E-state index contributed by atoms with van der Waals surface area (Å²) in [5, 5.41) is 0. The molecule has 0 aromatic heterocycles. The van der Waals surface area contributed by atoms with E-state index in [9.17, 15) is 4.39 Å². The summed E-state index contributed by atoms with van der Waals surface area (Å²) in [7, 11) is 0. The molecule has 0 bridgehead atoms. The van der Waals surface area contributed by atoms with Gasteiger partial charge in [-0.3, -0.25) is 0 Å². The molecular weight excluding hydrogens is 241 g/mol. The van der Waals surface area contributed by atoms with Crippen molar-refractivity contribution in [2.45, 2.75) is 12.8 Å².